The summed E-state index contributed by atoms with van der Waals surface area (Å²) in [6.07, 6.45) is 4.04. The third-order valence-electron chi connectivity index (χ3n) is 3.39. The van der Waals surface area contributed by atoms with E-state index in [9.17, 15) is 5.11 Å². The van der Waals surface area contributed by atoms with Crippen molar-refractivity contribution in [1.82, 2.24) is 9.55 Å². The number of aromatic nitrogens is 2. The summed E-state index contributed by atoms with van der Waals surface area (Å²) in [5, 5.41) is 10.1. The van der Waals surface area contributed by atoms with Gasteiger partial charge in [0.1, 0.15) is 5.82 Å². The molecule has 0 unspecified atom stereocenters. The number of imidazole rings is 1. The Bertz CT molecular complexity index is 536. The van der Waals surface area contributed by atoms with E-state index in [1.54, 1.807) is 6.20 Å². The first kappa shape index (κ1) is 13.6. The molecular formula is C15H21N3O. The molecule has 1 atom stereocenters. The zero-order chi connectivity index (χ0) is 13.8. The second-order valence-electron chi connectivity index (χ2n) is 4.79. The van der Waals surface area contributed by atoms with Crippen LogP contribution in [0.1, 0.15) is 30.8 Å². The third-order valence-corrected chi connectivity index (χ3v) is 3.39. The minimum atomic E-state index is -0.417. The number of hydrogen-bond donors (Lipinski definition) is 1. The molecule has 0 amide bonds. The Kier molecular flexibility index (Phi) is 4.22. The van der Waals surface area contributed by atoms with Gasteiger partial charge in [0.25, 0.3) is 0 Å². The number of aliphatic hydroxyl groups is 1. The Morgan fingerprint density at radius 1 is 1.37 bits per heavy atom. The summed E-state index contributed by atoms with van der Waals surface area (Å²) in [5.74, 6) is 1.00. The minimum absolute atomic E-state index is 0.417. The predicted octanol–water partition coefficient (Wildman–Crippen LogP) is 2.50. The molecule has 0 saturated heterocycles. The highest BCUT2D eigenvalue weighted by Gasteiger charge is 2.14. The lowest BCUT2D eigenvalue weighted by atomic mass is 10.0. The Morgan fingerprint density at radius 3 is 2.74 bits per heavy atom. The van der Waals surface area contributed by atoms with Gasteiger partial charge in [-0.2, -0.15) is 0 Å². The summed E-state index contributed by atoms with van der Waals surface area (Å²) in [7, 11) is 4.01. The number of para-hydroxylation sites is 1. The van der Waals surface area contributed by atoms with Crippen LogP contribution in [0.3, 0.4) is 0 Å². The van der Waals surface area contributed by atoms with Gasteiger partial charge in [-0.15, -0.1) is 0 Å². The highest BCUT2D eigenvalue weighted by Crippen LogP contribution is 2.28. The quantitative estimate of drug-likeness (QED) is 0.897. The van der Waals surface area contributed by atoms with Crippen LogP contribution >= 0.6 is 0 Å². The highest BCUT2D eigenvalue weighted by atomic mass is 16.3. The fourth-order valence-electron chi connectivity index (χ4n) is 2.18. The van der Waals surface area contributed by atoms with E-state index in [4.69, 9.17) is 0 Å². The molecule has 1 heterocycles. The standard InChI is InChI=1S/C15H21N3O/c1-4-14(19)12-7-5-6-8-13(12)18(3)11-15-16-9-10-17(15)2/h5-10,14,19H,4,11H2,1-3H3/t14-/m0/s1. The molecule has 0 saturated carbocycles. The molecule has 4 nitrogen and oxygen atoms in total. The van der Waals surface area contributed by atoms with E-state index < -0.39 is 6.10 Å². The smallest absolute Gasteiger partial charge is 0.127 e. The second kappa shape index (κ2) is 5.89. The van der Waals surface area contributed by atoms with Crippen LogP contribution in [-0.4, -0.2) is 21.7 Å². The maximum Gasteiger partial charge on any atom is 0.127 e. The molecule has 19 heavy (non-hydrogen) atoms. The molecule has 0 bridgehead atoms. The van der Waals surface area contributed by atoms with Gasteiger partial charge in [-0.1, -0.05) is 25.1 Å². The lowest BCUT2D eigenvalue weighted by Gasteiger charge is -2.24. The van der Waals surface area contributed by atoms with Gasteiger partial charge < -0.3 is 14.6 Å². The van der Waals surface area contributed by atoms with E-state index >= 15 is 0 Å². The van der Waals surface area contributed by atoms with Gasteiger partial charge in [-0.3, -0.25) is 0 Å². The summed E-state index contributed by atoms with van der Waals surface area (Å²) in [5.41, 5.74) is 2.03. The van der Waals surface area contributed by atoms with Crippen molar-refractivity contribution in [2.75, 3.05) is 11.9 Å². The Hall–Kier alpha value is -1.81. The zero-order valence-electron chi connectivity index (χ0n) is 11.7. The van der Waals surface area contributed by atoms with Gasteiger partial charge in [-0.05, 0) is 12.5 Å². The highest BCUT2D eigenvalue weighted by molar-refractivity contribution is 5.54. The Balaban J connectivity index is 2.24. The van der Waals surface area contributed by atoms with Crippen molar-refractivity contribution in [2.45, 2.75) is 26.0 Å². The largest absolute Gasteiger partial charge is 0.388 e. The van der Waals surface area contributed by atoms with Crippen molar-refractivity contribution in [2.24, 2.45) is 7.05 Å². The van der Waals surface area contributed by atoms with Crippen LogP contribution in [0.25, 0.3) is 0 Å². The number of hydrogen-bond acceptors (Lipinski definition) is 3. The van der Waals surface area contributed by atoms with Crippen molar-refractivity contribution >= 4 is 5.69 Å². The van der Waals surface area contributed by atoms with E-state index in [1.807, 2.05) is 56.0 Å². The number of aryl methyl sites for hydroxylation is 1. The van der Waals surface area contributed by atoms with Crippen molar-refractivity contribution in [3.63, 3.8) is 0 Å². The number of benzene rings is 1. The molecule has 2 aromatic rings. The first-order valence-electron chi connectivity index (χ1n) is 6.57. The predicted molar refractivity (Wildman–Crippen MR) is 77.0 cm³/mol. The maximum atomic E-state index is 10.1. The van der Waals surface area contributed by atoms with E-state index in [0.717, 1.165) is 23.6 Å². The number of rotatable bonds is 5. The minimum Gasteiger partial charge on any atom is -0.388 e. The maximum absolute atomic E-state index is 10.1. The van der Waals surface area contributed by atoms with E-state index in [1.165, 1.54) is 0 Å². The van der Waals surface area contributed by atoms with E-state index in [2.05, 4.69) is 9.88 Å². The van der Waals surface area contributed by atoms with Gasteiger partial charge in [-0.25, -0.2) is 4.98 Å². The summed E-state index contributed by atoms with van der Waals surface area (Å²) in [6.45, 7) is 2.71. The van der Waals surface area contributed by atoms with Crippen molar-refractivity contribution in [3.05, 3.63) is 48.0 Å². The molecule has 1 aromatic heterocycles. The van der Waals surface area contributed by atoms with E-state index in [0.29, 0.717) is 6.42 Å². The molecule has 1 N–H and O–H groups in total. The average Bonchev–Trinajstić information content (AvgIpc) is 2.83. The molecule has 0 radical (unpaired) electrons. The second-order valence-corrected chi connectivity index (χ2v) is 4.79. The Labute approximate surface area is 114 Å². The van der Waals surface area contributed by atoms with Crippen molar-refractivity contribution in [1.29, 1.82) is 0 Å². The molecule has 0 fully saturated rings. The van der Waals surface area contributed by atoms with Crippen molar-refractivity contribution in [3.8, 4) is 0 Å². The van der Waals surface area contributed by atoms with Gasteiger partial charge in [0.05, 0.1) is 12.6 Å². The third kappa shape index (κ3) is 2.96. The van der Waals surface area contributed by atoms with Crippen molar-refractivity contribution < 1.29 is 5.11 Å². The summed E-state index contributed by atoms with van der Waals surface area (Å²) >= 11 is 0. The van der Waals surface area contributed by atoms with Gasteiger partial charge in [0, 0.05) is 37.7 Å². The van der Waals surface area contributed by atoms with E-state index in [-0.39, 0.29) is 0 Å². The first-order chi connectivity index (χ1) is 9.13. The van der Waals surface area contributed by atoms with Crippen LogP contribution in [0.15, 0.2) is 36.7 Å². The molecule has 1 aromatic carbocycles. The normalized spacial score (nSPS) is 12.4. The molecule has 0 spiro atoms. The van der Waals surface area contributed by atoms with Gasteiger partial charge >= 0.3 is 0 Å². The SMILES string of the molecule is CC[C@H](O)c1ccccc1N(C)Cc1nccn1C. The monoisotopic (exact) mass is 259 g/mol. The summed E-state index contributed by atoms with van der Waals surface area (Å²) < 4.78 is 2.01. The van der Waals surface area contributed by atoms with Crippen LogP contribution < -0.4 is 4.90 Å². The molecule has 2 rings (SSSR count). The summed E-state index contributed by atoms with van der Waals surface area (Å²) in [4.78, 5) is 6.46. The van der Waals surface area contributed by atoms with Crippen LogP contribution in [0.5, 0.6) is 0 Å². The van der Waals surface area contributed by atoms with Crippen LogP contribution in [0.4, 0.5) is 5.69 Å². The molecule has 4 heteroatoms. The molecule has 0 aliphatic heterocycles. The molecule has 0 aliphatic carbocycles. The Morgan fingerprint density at radius 2 is 2.11 bits per heavy atom. The molecule has 102 valence electrons. The first-order valence-corrected chi connectivity index (χ1v) is 6.57. The van der Waals surface area contributed by atoms with Gasteiger partial charge in [0.2, 0.25) is 0 Å². The average molecular weight is 259 g/mol. The van der Waals surface area contributed by atoms with Crippen LogP contribution in [0.2, 0.25) is 0 Å². The number of nitrogens with zero attached hydrogens (tertiary/aromatic N) is 3. The van der Waals surface area contributed by atoms with Crippen LogP contribution in [0, 0.1) is 0 Å². The topological polar surface area (TPSA) is 41.3 Å². The van der Waals surface area contributed by atoms with Crippen LogP contribution in [-0.2, 0) is 13.6 Å². The lowest BCUT2D eigenvalue weighted by molar-refractivity contribution is 0.174. The molecular weight excluding hydrogens is 238 g/mol. The van der Waals surface area contributed by atoms with Gasteiger partial charge in [0.15, 0.2) is 0 Å². The zero-order valence-corrected chi connectivity index (χ0v) is 11.7. The fraction of sp³-hybridized carbons (Fsp3) is 0.400. The summed E-state index contributed by atoms with van der Waals surface area (Å²) in [6, 6.07) is 7.98. The number of aliphatic hydroxyl groups excluding tert-OH is 1. The fourth-order valence-corrected chi connectivity index (χ4v) is 2.18. The molecule has 0 aliphatic rings. The number of anilines is 1. The lowest BCUT2D eigenvalue weighted by Crippen LogP contribution is -2.21.